The molecule has 0 aliphatic heterocycles. The van der Waals surface area contributed by atoms with Crippen LogP contribution in [0.15, 0.2) is 48.5 Å². The van der Waals surface area contributed by atoms with E-state index >= 15 is 0 Å². The Morgan fingerprint density at radius 2 is 1.64 bits per heavy atom. The minimum absolute atomic E-state index is 0.00123. The van der Waals surface area contributed by atoms with Crippen LogP contribution >= 0.6 is 0 Å². The van der Waals surface area contributed by atoms with Gasteiger partial charge in [-0.25, -0.2) is 0 Å². The molecule has 1 fully saturated rings. The van der Waals surface area contributed by atoms with Crippen molar-refractivity contribution in [2.75, 3.05) is 18.6 Å². The van der Waals surface area contributed by atoms with Gasteiger partial charge in [0.05, 0.1) is 17.9 Å². The smallest absolute Gasteiger partial charge is 0.271 e. The molecule has 1 aliphatic carbocycles. The van der Waals surface area contributed by atoms with Crippen molar-refractivity contribution in [2.24, 2.45) is 5.92 Å². The van der Waals surface area contributed by atoms with Gasteiger partial charge in [0.2, 0.25) is 5.91 Å². The Hall–Kier alpha value is -3.35. The molecule has 0 atom stereocenters. The SMILES string of the molecule is CCOc1ccc(C(=O)NNC(=O)c2ccccc2N(C)C(=O)C2CC2)cc1. The Morgan fingerprint density at radius 1 is 1.00 bits per heavy atom. The average molecular weight is 381 g/mol. The zero-order valence-electron chi connectivity index (χ0n) is 15.9. The van der Waals surface area contributed by atoms with Crippen LogP contribution in [-0.4, -0.2) is 31.4 Å². The largest absolute Gasteiger partial charge is 0.494 e. The van der Waals surface area contributed by atoms with Crippen LogP contribution < -0.4 is 20.5 Å². The van der Waals surface area contributed by atoms with Crippen molar-refractivity contribution in [3.05, 3.63) is 59.7 Å². The van der Waals surface area contributed by atoms with Gasteiger partial charge in [-0.05, 0) is 56.2 Å². The number of nitrogens with one attached hydrogen (secondary N) is 2. The molecular weight excluding hydrogens is 358 g/mol. The van der Waals surface area contributed by atoms with Crippen LogP contribution in [-0.2, 0) is 4.79 Å². The highest BCUT2D eigenvalue weighted by atomic mass is 16.5. The molecule has 7 nitrogen and oxygen atoms in total. The lowest BCUT2D eigenvalue weighted by molar-refractivity contribution is -0.119. The maximum Gasteiger partial charge on any atom is 0.271 e. The van der Waals surface area contributed by atoms with Crippen molar-refractivity contribution >= 4 is 23.4 Å². The van der Waals surface area contributed by atoms with E-state index in [4.69, 9.17) is 4.74 Å². The van der Waals surface area contributed by atoms with E-state index in [9.17, 15) is 14.4 Å². The van der Waals surface area contributed by atoms with Gasteiger partial charge in [-0.15, -0.1) is 0 Å². The summed E-state index contributed by atoms with van der Waals surface area (Å²) in [5.74, 6) is -0.235. The lowest BCUT2D eigenvalue weighted by Crippen LogP contribution is -2.42. The molecule has 3 rings (SSSR count). The van der Waals surface area contributed by atoms with Gasteiger partial charge in [0.15, 0.2) is 0 Å². The number of ether oxygens (including phenoxy) is 1. The molecule has 2 aromatic rings. The van der Waals surface area contributed by atoms with E-state index in [1.165, 1.54) is 4.90 Å². The van der Waals surface area contributed by atoms with Gasteiger partial charge in [0.1, 0.15) is 5.75 Å². The Morgan fingerprint density at radius 3 is 2.29 bits per heavy atom. The summed E-state index contributed by atoms with van der Waals surface area (Å²) < 4.78 is 5.34. The van der Waals surface area contributed by atoms with E-state index in [-0.39, 0.29) is 11.8 Å². The molecule has 0 bridgehead atoms. The van der Waals surface area contributed by atoms with Crippen molar-refractivity contribution in [3.63, 3.8) is 0 Å². The molecule has 1 saturated carbocycles. The zero-order chi connectivity index (χ0) is 20.1. The number of carbonyl (C=O) groups excluding carboxylic acids is 3. The molecule has 28 heavy (non-hydrogen) atoms. The molecule has 1 aliphatic rings. The number of benzene rings is 2. The van der Waals surface area contributed by atoms with Crippen molar-refractivity contribution < 1.29 is 19.1 Å². The van der Waals surface area contributed by atoms with E-state index in [2.05, 4.69) is 10.9 Å². The average Bonchev–Trinajstić information content (AvgIpc) is 3.57. The minimum Gasteiger partial charge on any atom is -0.494 e. The molecule has 3 amide bonds. The van der Waals surface area contributed by atoms with Gasteiger partial charge in [0, 0.05) is 18.5 Å². The lowest BCUT2D eigenvalue weighted by Gasteiger charge is -2.20. The molecule has 0 saturated heterocycles. The molecule has 0 spiro atoms. The summed E-state index contributed by atoms with van der Waals surface area (Å²) in [6, 6.07) is 13.4. The second kappa shape index (κ2) is 8.56. The van der Waals surface area contributed by atoms with E-state index in [0.717, 1.165) is 12.8 Å². The number of carbonyl (C=O) groups is 3. The predicted molar refractivity (Wildman–Crippen MR) is 105 cm³/mol. The Kier molecular flexibility index (Phi) is 5.93. The summed E-state index contributed by atoms with van der Waals surface area (Å²) in [4.78, 5) is 38.6. The number of hydrazine groups is 1. The van der Waals surface area contributed by atoms with Crippen molar-refractivity contribution in [3.8, 4) is 5.75 Å². The fourth-order valence-electron chi connectivity index (χ4n) is 2.80. The zero-order valence-corrected chi connectivity index (χ0v) is 15.9. The standard InChI is InChI=1S/C21H23N3O4/c1-3-28-16-12-10-14(11-13-16)19(25)22-23-20(26)17-6-4-5-7-18(17)24(2)21(27)15-8-9-15/h4-7,10-13,15H,3,8-9H2,1-2H3,(H,22,25)(H,23,26). The maximum absolute atomic E-state index is 12.6. The third-order valence-electron chi connectivity index (χ3n) is 4.48. The van der Waals surface area contributed by atoms with Gasteiger partial charge in [-0.2, -0.15) is 0 Å². The van der Waals surface area contributed by atoms with Crippen LogP contribution in [0.1, 0.15) is 40.5 Å². The van der Waals surface area contributed by atoms with Crippen LogP contribution in [0.3, 0.4) is 0 Å². The van der Waals surface area contributed by atoms with Crippen LogP contribution in [0.25, 0.3) is 0 Å². The van der Waals surface area contributed by atoms with E-state index in [1.54, 1.807) is 55.6 Å². The Labute approximate surface area is 163 Å². The first-order chi connectivity index (χ1) is 13.5. The number of hydrogen-bond acceptors (Lipinski definition) is 4. The second-order valence-electron chi connectivity index (χ2n) is 6.55. The number of para-hydroxylation sites is 1. The predicted octanol–water partition coefficient (Wildman–Crippen LogP) is 2.53. The van der Waals surface area contributed by atoms with Gasteiger partial charge in [-0.3, -0.25) is 25.2 Å². The molecule has 2 aromatic carbocycles. The summed E-state index contributed by atoms with van der Waals surface area (Å²) in [6.07, 6.45) is 1.77. The summed E-state index contributed by atoms with van der Waals surface area (Å²) in [6.45, 7) is 2.42. The van der Waals surface area contributed by atoms with E-state index < -0.39 is 11.8 Å². The first kappa shape index (κ1) is 19.4. The fraction of sp³-hybridized carbons (Fsp3) is 0.286. The van der Waals surface area contributed by atoms with Gasteiger partial charge in [0.25, 0.3) is 11.8 Å². The third kappa shape index (κ3) is 4.49. The van der Waals surface area contributed by atoms with Gasteiger partial charge >= 0.3 is 0 Å². The normalized spacial score (nSPS) is 12.8. The van der Waals surface area contributed by atoms with E-state index in [1.807, 2.05) is 6.92 Å². The fourth-order valence-corrected chi connectivity index (χ4v) is 2.80. The van der Waals surface area contributed by atoms with Crippen molar-refractivity contribution in [2.45, 2.75) is 19.8 Å². The quantitative estimate of drug-likeness (QED) is 0.753. The Bertz CT molecular complexity index is 875. The highest BCUT2D eigenvalue weighted by Crippen LogP contribution is 2.33. The number of rotatable bonds is 6. The highest BCUT2D eigenvalue weighted by molar-refractivity contribution is 6.06. The summed E-state index contributed by atoms with van der Waals surface area (Å²) in [5, 5.41) is 0. The second-order valence-corrected chi connectivity index (χ2v) is 6.55. The summed E-state index contributed by atoms with van der Waals surface area (Å²) >= 11 is 0. The molecule has 2 N–H and O–H groups in total. The molecule has 0 unspecified atom stereocenters. The molecule has 0 aromatic heterocycles. The number of nitrogens with zero attached hydrogens (tertiary/aromatic N) is 1. The lowest BCUT2D eigenvalue weighted by atomic mass is 10.1. The molecular formula is C21H23N3O4. The van der Waals surface area contributed by atoms with Gasteiger partial charge in [-0.1, -0.05) is 12.1 Å². The van der Waals surface area contributed by atoms with Crippen LogP contribution in [0, 0.1) is 5.92 Å². The summed E-state index contributed by atoms with van der Waals surface area (Å²) in [7, 11) is 1.66. The van der Waals surface area contributed by atoms with Crippen molar-refractivity contribution in [1.29, 1.82) is 0 Å². The van der Waals surface area contributed by atoms with Crippen LogP contribution in [0.5, 0.6) is 5.75 Å². The van der Waals surface area contributed by atoms with Crippen LogP contribution in [0.4, 0.5) is 5.69 Å². The first-order valence-corrected chi connectivity index (χ1v) is 9.21. The number of hydrogen-bond donors (Lipinski definition) is 2. The Balaban J connectivity index is 1.64. The first-order valence-electron chi connectivity index (χ1n) is 9.21. The highest BCUT2D eigenvalue weighted by Gasteiger charge is 2.33. The molecule has 0 heterocycles. The number of anilines is 1. The van der Waals surface area contributed by atoms with Crippen molar-refractivity contribution in [1.82, 2.24) is 10.9 Å². The molecule has 7 heteroatoms. The van der Waals surface area contributed by atoms with Gasteiger partial charge < -0.3 is 9.64 Å². The topological polar surface area (TPSA) is 87.7 Å². The molecule has 0 radical (unpaired) electrons. The number of amides is 3. The molecule has 146 valence electrons. The maximum atomic E-state index is 12.6. The minimum atomic E-state index is -0.495. The summed E-state index contributed by atoms with van der Waals surface area (Å²) in [5.41, 5.74) is 6.01. The third-order valence-corrected chi connectivity index (χ3v) is 4.48. The monoisotopic (exact) mass is 381 g/mol. The van der Waals surface area contributed by atoms with Crippen LogP contribution in [0.2, 0.25) is 0 Å². The van der Waals surface area contributed by atoms with E-state index in [0.29, 0.717) is 29.2 Å².